The first-order valence-electron chi connectivity index (χ1n) is 4.85. The zero-order valence-electron chi connectivity index (χ0n) is 8.56. The molecule has 0 bridgehead atoms. The zero-order chi connectivity index (χ0) is 10.6. The molecule has 0 fully saturated rings. The number of halogens is 2. The topological polar surface area (TPSA) is 16.6 Å². The van der Waals surface area contributed by atoms with Crippen LogP contribution < -0.4 is 5.32 Å². The lowest BCUT2D eigenvalue weighted by Gasteiger charge is -2.06. The van der Waals surface area contributed by atoms with Gasteiger partial charge < -0.3 is 5.32 Å². The Morgan fingerprint density at radius 2 is 2.14 bits per heavy atom. The van der Waals surface area contributed by atoms with Crippen LogP contribution in [0.25, 0.3) is 0 Å². The molecule has 1 nitrogen and oxygen atoms in total. The number of hydrogen-bond acceptors (Lipinski definition) is 0. The van der Waals surface area contributed by atoms with Crippen molar-refractivity contribution < 1.29 is 9.71 Å². The molecule has 0 saturated heterocycles. The first-order valence-corrected chi connectivity index (χ1v) is 5.23. The molecule has 1 aromatic rings. The van der Waals surface area contributed by atoms with Crippen LogP contribution in [0.2, 0.25) is 5.02 Å². The van der Waals surface area contributed by atoms with Gasteiger partial charge in [-0.3, -0.25) is 0 Å². The molecule has 2 N–H and O–H groups in total. The maximum Gasteiger partial charge on any atom is 0.133 e. The summed E-state index contributed by atoms with van der Waals surface area (Å²) in [6.45, 7) is 5.88. The molecule has 0 unspecified atom stereocenters. The third-order valence-electron chi connectivity index (χ3n) is 2.05. The van der Waals surface area contributed by atoms with Crippen LogP contribution in [0.5, 0.6) is 0 Å². The van der Waals surface area contributed by atoms with Crippen LogP contribution in [0.4, 0.5) is 4.39 Å². The van der Waals surface area contributed by atoms with Crippen molar-refractivity contribution in [2.24, 2.45) is 5.92 Å². The van der Waals surface area contributed by atoms with Crippen molar-refractivity contribution in [3.63, 3.8) is 0 Å². The third-order valence-corrected chi connectivity index (χ3v) is 2.40. The fourth-order valence-corrected chi connectivity index (χ4v) is 1.53. The number of nitrogens with two attached hydrogens (primary N) is 1. The smallest absolute Gasteiger partial charge is 0.133 e. The highest BCUT2D eigenvalue weighted by atomic mass is 35.5. The molecule has 0 aliphatic carbocycles. The molecule has 0 saturated carbocycles. The second kappa shape index (κ2) is 5.32. The molecular weight excluding hydrogens is 201 g/mol. The van der Waals surface area contributed by atoms with Crippen LogP contribution in [0.1, 0.15) is 19.4 Å². The Hall–Kier alpha value is -0.600. The van der Waals surface area contributed by atoms with E-state index in [0.29, 0.717) is 23.0 Å². The minimum absolute atomic E-state index is 0.211. The quantitative estimate of drug-likeness (QED) is 0.795. The van der Waals surface area contributed by atoms with Gasteiger partial charge in [-0.05, 0) is 12.1 Å². The monoisotopic (exact) mass is 216 g/mol. The normalized spacial score (nSPS) is 10.9. The second-order valence-corrected chi connectivity index (χ2v) is 4.23. The Balaban J connectivity index is 2.58. The largest absolute Gasteiger partial charge is 0.342 e. The maximum atomic E-state index is 13.3. The number of rotatable bonds is 4. The van der Waals surface area contributed by atoms with Crippen LogP contribution in [-0.2, 0) is 6.54 Å². The molecule has 1 rings (SSSR count). The highest BCUT2D eigenvalue weighted by Gasteiger charge is 2.08. The van der Waals surface area contributed by atoms with Gasteiger partial charge in [-0.1, -0.05) is 31.5 Å². The van der Waals surface area contributed by atoms with Crippen LogP contribution in [0.3, 0.4) is 0 Å². The average Bonchev–Trinajstić information content (AvgIpc) is 2.09. The van der Waals surface area contributed by atoms with Gasteiger partial charge in [0.2, 0.25) is 0 Å². The minimum Gasteiger partial charge on any atom is -0.342 e. The van der Waals surface area contributed by atoms with Crippen molar-refractivity contribution in [3.05, 3.63) is 34.6 Å². The van der Waals surface area contributed by atoms with E-state index in [1.54, 1.807) is 12.1 Å². The lowest BCUT2D eigenvalue weighted by atomic mass is 10.2. The maximum absolute atomic E-state index is 13.3. The van der Waals surface area contributed by atoms with E-state index in [1.165, 1.54) is 6.07 Å². The van der Waals surface area contributed by atoms with Gasteiger partial charge in [0.05, 0.1) is 17.1 Å². The van der Waals surface area contributed by atoms with E-state index in [-0.39, 0.29) is 5.82 Å². The molecule has 14 heavy (non-hydrogen) atoms. The second-order valence-electron chi connectivity index (χ2n) is 3.82. The van der Waals surface area contributed by atoms with Crippen molar-refractivity contribution in [1.29, 1.82) is 0 Å². The molecular formula is C11H16ClFN+. The molecule has 3 heteroatoms. The summed E-state index contributed by atoms with van der Waals surface area (Å²) in [5.41, 5.74) is 0.606. The number of hydrogen-bond donors (Lipinski definition) is 1. The van der Waals surface area contributed by atoms with Crippen LogP contribution >= 0.6 is 11.6 Å². The van der Waals surface area contributed by atoms with Gasteiger partial charge in [0, 0.05) is 5.92 Å². The molecule has 0 heterocycles. The highest BCUT2D eigenvalue weighted by Crippen LogP contribution is 2.17. The summed E-state index contributed by atoms with van der Waals surface area (Å²) in [6.07, 6.45) is 0. The SMILES string of the molecule is CC(C)C[NH2+]Cc1c(F)cccc1Cl. The van der Waals surface area contributed by atoms with E-state index in [1.807, 2.05) is 0 Å². The van der Waals surface area contributed by atoms with E-state index in [9.17, 15) is 4.39 Å². The molecule has 0 atom stereocenters. The van der Waals surface area contributed by atoms with E-state index in [0.717, 1.165) is 6.54 Å². The lowest BCUT2D eigenvalue weighted by Crippen LogP contribution is -2.83. The molecule has 0 spiro atoms. The molecule has 0 aromatic heterocycles. The van der Waals surface area contributed by atoms with Gasteiger partial charge >= 0.3 is 0 Å². The Morgan fingerprint density at radius 3 is 2.71 bits per heavy atom. The van der Waals surface area contributed by atoms with Crippen LogP contribution in [-0.4, -0.2) is 6.54 Å². The summed E-state index contributed by atoms with van der Waals surface area (Å²) in [4.78, 5) is 0. The van der Waals surface area contributed by atoms with Gasteiger partial charge in [-0.2, -0.15) is 0 Å². The van der Waals surface area contributed by atoms with E-state index in [2.05, 4.69) is 19.2 Å². The van der Waals surface area contributed by atoms with Gasteiger partial charge in [0.15, 0.2) is 0 Å². The van der Waals surface area contributed by atoms with Gasteiger partial charge in [0.25, 0.3) is 0 Å². The lowest BCUT2D eigenvalue weighted by molar-refractivity contribution is -0.675. The summed E-state index contributed by atoms with van der Waals surface area (Å²) in [5, 5.41) is 2.60. The zero-order valence-corrected chi connectivity index (χ0v) is 9.31. The highest BCUT2D eigenvalue weighted by molar-refractivity contribution is 6.31. The molecule has 0 aliphatic heterocycles. The van der Waals surface area contributed by atoms with Crippen LogP contribution in [0.15, 0.2) is 18.2 Å². The predicted octanol–water partition coefficient (Wildman–Crippen LogP) is 2.20. The summed E-state index contributed by atoms with van der Waals surface area (Å²) < 4.78 is 13.3. The average molecular weight is 217 g/mol. The molecule has 1 aromatic carbocycles. The van der Waals surface area contributed by atoms with Crippen LogP contribution in [0, 0.1) is 11.7 Å². The van der Waals surface area contributed by atoms with Crippen molar-refractivity contribution >= 4 is 11.6 Å². The van der Waals surface area contributed by atoms with E-state index >= 15 is 0 Å². The van der Waals surface area contributed by atoms with Gasteiger partial charge in [0.1, 0.15) is 12.4 Å². The third kappa shape index (κ3) is 3.28. The fourth-order valence-electron chi connectivity index (χ4n) is 1.29. The van der Waals surface area contributed by atoms with E-state index < -0.39 is 0 Å². The number of benzene rings is 1. The Morgan fingerprint density at radius 1 is 1.43 bits per heavy atom. The summed E-state index contributed by atoms with van der Waals surface area (Å²) >= 11 is 5.88. The summed E-state index contributed by atoms with van der Waals surface area (Å²) in [5.74, 6) is 0.401. The first-order chi connectivity index (χ1) is 6.61. The van der Waals surface area contributed by atoms with Crippen molar-refractivity contribution in [2.75, 3.05) is 6.54 Å². The van der Waals surface area contributed by atoms with Crippen molar-refractivity contribution in [2.45, 2.75) is 20.4 Å². The minimum atomic E-state index is -0.211. The Labute approximate surface area is 89.3 Å². The molecule has 0 amide bonds. The summed E-state index contributed by atoms with van der Waals surface area (Å²) in [6, 6.07) is 4.80. The van der Waals surface area contributed by atoms with Crippen molar-refractivity contribution in [3.8, 4) is 0 Å². The molecule has 78 valence electrons. The summed E-state index contributed by atoms with van der Waals surface area (Å²) in [7, 11) is 0. The first kappa shape index (κ1) is 11.5. The van der Waals surface area contributed by atoms with Crippen molar-refractivity contribution in [1.82, 2.24) is 0 Å². The predicted molar refractivity (Wildman–Crippen MR) is 56.7 cm³/mol. The fraction of sp³-hybridized carbons (Fsp3) is 0.455. The van der Waals surface area contributed by atoms with Gasteiger partial charge in [-0.25, -0.2) is 4.39 Å². The van der Waals surface area contributed by atoms with Gasteiger partial charge in [-0.15, -0.1) is 0 Å². The standard InChI is InChI=1S/C11H15ClFN/c1-8(2)6-14-7-9-10(12)4-3-5-11(9)13/h3-5,8,14H,6-7H2,1-2H3/p+1. The van der Waals surface area contributed by atoms with E-state index in [4.69, 9.17) is 11.6 Å². The Kier molecular flexibility index (Phi) is 4.36. The molecule has 0 aliphatic rings. The molecule has 0 radical (unpaired) electrons. The Bertz CT molecular complexity index is 279. The number of quaternary nitrogens is 1.